The Morgan fingerprint density at radius 2 is 2.08 bits per heavy atom. The van der Waals surface area contributed by atoms with E-state index < -0.39 is 5.91 Å². The van der Waals surface area contributed by atoms with E-state index in [2.05, 4.69) is 10.5 Å². The number of hydrogen-bond donors (Lipinski definition) is 2. The van der Waals surface area contributed by atoms with Gasteiger partial charge in [-0.3, -0.25) is 4.79 Å². The van der Waals surface area contributed by atoms with Crippen molar-refractivity contribution in [3.8, 4) is 22.8 Å². The van der Waals surface area contributed by atoms with Gasteiger partial charge in [-0.1, -0.05) is 11.2 Å². The molecule has 0 aliphatic heterocycles. The number of methoxy groups -OCH3 is 1. The van der Waals surface area contributed by atoms with Gasteiger partial charge in [-0.25, -0.2) is 0 Å². The van der Waals surface area contributed by atoms with Crippen LogP contribution in [0.1, 0.15) is 27.2 Å². The molecule has 0 spiro atoms. The highest BCUT2D eigenvalue weighted by Crippen LogP contribution is 2.37. The molecular formula is C20H18N2O4. The molecule has 1 heterocycles. The number of phenols is 1. The smallest absolute Gasteiger partial charge is 0.278 e. The molecule has 0 bridgehead atoms. The minimum absolute atomic E-state index is 0.0127. The first kappa shape index (κ1) is 16.2. The molecule has 0 fully saturated rings. The molecule has 0 saturated carbocycles. The molecule has 4 rings (SSSR count). The first-order valence-electron chi connectivity index (χ1n) is 8.33. The van der Waals surface area contributed by atoms with Crippen molar-refractivity contribution in [1.29, 1.82) is 0 Å². The maximum Gasteiger partial charge on any atom is 0.278 e. The van der Waals surface area contributed by atoms with Crippen LogP contribution in [0, 0.1) is 6.92 Å². The van der Waals surface area contributed by atoms with Crippen molar-refractivity contribution < 1.29 is 19.2 Å². The summed E-state index contributed by atoms with van der Waals surface area (Å²) in [5.74, 6) is 1.03. The normalized spacial score (nSPS) is 12.2. The molecule has 2 aromatic carbocycles. The lowest BCUT2D eigenvalue weighted by Gasteiger charge is -2.15. The average Bonchev–Trinajstić information content (AvgIpc) is 3.08. The van der Waals surface area contributed by atoms with Crippen LogP contribution in [0.15, 0.2) is 40.9 Å². The monoisotopic (exact) mass is 350 g/mol. The lowest BCUT2D eigenvalue weighted by atomic mass is 9.89. The third-order valence-electron chi connectivity index (χ3n) is 4.60. The third kappa shape index (κ3) is 2.69. The van der Waals surface area contributed by atoms with Crippen LogP contribution in [0.25, 0.3) is 11.3 Å². The van der Waals surface area contributed by atoms with Crippen molar-refractivity contribution in [3.05, 3.63) is 58.8 Å². The highest BCUT2D eigenvalue weighted by molar-refractivity contribution is 6.05. The van der Waals surface area contributed by atoms with Crippen LogP contribution in [0.4, 0.5) is 5.69 Å². The zero-order valence-corrected chi connectivity index (χ0v) is 14.5. The van der Waals surface area contributed by atoms with Gasteiger partial charge in [0.05, 0.1) is 12.8 Å². The number of rotatable bonds is 3. The van der Waals surface area contributed by atoms with Crippen LogP contribution in [0.2, 0.25) is 0 Å². The molecule has 6 nitrogen and oxygen atoms in total. The molecule has 3 aromatic rings. The number of ether oxygens (including phenoxy) is 1. The van der Waals surface area contributed by atoms with Gasteiger partial charge in [0.2, 0.25) is 0 Å². The van der Waals surface area contributed by atoms with Crippen molar-refractivity contribution in [2.75, 3.05) is 12.4 Å². The Balaban J connectivity index is 1.67. The molecule has 0 atom stereocenters. The SMILES string of the molecule is COc1ccc2c(c1)CCc1c(C(=O)Nc3cc(C)ccc3O)noc1-2. The van der Waals surface area contributed by atoms with Crippen LogP contribution in [-0.4, -0.2) is 23.3 Å². The Bertz CT molecular complexity index is 1010. The second-order valence-corrected chi connectivity index (χ2v) is 6.34. The van der Waals surface area contributed by atoms with E-state index in [0.29, 0.717) is 17.9 Å². The Morgan fingerprint density at radius 1 is 1.23 bits per heavy atom. The predicted molar refractivity (Wildman–Crippen MR) is 96.7 cm³/mol. The number of amides is 1. The lowest BCUT2D eigenvalue weighted by molar-refractivity contribution is 0.101. The molecular weight excluding hydrogens is 332 g/mol. The minimum Gasteiger partial charge on any atom is -0.506 e. The summed E-state index contributed by atoms with van der Waals surface area (Å²) < 4.78 is 10.8. The number of carbonyl (C=O) groups is 1. The molecule has 6 heteroatoms. The van der Waals surface area contributed by atoms with Gasteiger partial charge < -0.3 is 19.7 Å². The van der Waals surface area contributed by atoms with Gasteiger partial charge in [0, 0.05) is 11.1 Å². The molecule has 26 heavy (non-hydrogen) atoms. The van der Waals surface area contributed by atoms with E-state index in [1.54, 1.807) is 25.3 Å². The maximum absolute atomic E-state index is 12.7. The number of nitrogens with one attached hydrogen (secondary N) is 1. The molecule has 0 radical (unpaired) electrons. The number of aromatic nitrogens is 1. The first-order valence-corrected chi connectivity index (χ1v) is 8.33. The van der Waals surface area contributed by atoms with Crippen LogP contribution >= 0.6 is 0 Å². The lowest BCUT2D eigenvalue weighted by Crippen LogP contribution is -2.16. The molecule has 0 saturated heterocycles. The number of aromatic hydroxyl groups is 1. The summed E-state index contributed by atoms with van der Waals surface area (Å²) in [4.78, 5) is 12.7. The zero-order chi connectivity index (χ0) is 18.3. The van der Waals surface area contributed by atoms with Crippen LogP contribution in [0.5, 0.6) is 11.5 Å². The summed E-state index contributed by atoms with van der Waals surface area (Å²) in [6, 6.07) is 10.8. The molecule has 1 amide bonds. The average molecular weight is 350 g/mol. The van der Waals surface area contributed by atoms with Crippen molar-refractivity contribution in [2.24, 2.45) is 0 Å². The van der Waals surface area contributed by atoms with E-state index in [0.717, 1.165) is 34.4 Å². The summed E-state index contributed by atoms with van der Waals surface area (Å²) in [7, 11) is 1.63. The van der Waals surface area contributed by atoms with Crippen LogP contribution in [0.3, 0.4) is 0 Å². The number of anilines is 1. The molecule has 1 aromatic heterocycles. The zero-order valence-electron chi connectivity index (χ0n) is 14.5. The van der Waals surface area contributed by atoms with Crippen LogP contribution in [-0.2, 0) is 12.8 Å². The molecule has 0 unspecified atom stereocenters. The van der Waals surface area contributed by atoms with Gasteiger partial charge in [-0.15, -0.1) is 0 Å². The van der Waals surface area contributed by atoms with Crippen molar-refractivity contribution in [2.45, 2.75) is 19.8 Å². The van der Waals surface area contributed by atoms with Gasteiger partial charge in [0.1, 0.15) is 11.5 Å². The number of carbonyl (C=O) groups excluding carboxylic acids is 1. The van der Waals surface area contributed by atoms with Gasteiger partial charge in [0.25, 0.3) is 5.91 Å². The van der Waals surface area contributed by atoms with Gasteiger partial charge >= 0.3 is 0 Å². The fraction of sp³-hybridized carbons (Fsp3) is 0.200. The summed E-state index contributed by atoms with van der Waals surface area (Å²) in [5.41, 5.74) is 4.36. The quantitative estimate of drug-likeness (QED) is 0.703. The Hall–Kier alpha value is -3.28. The van der Waals surface area contributed by atoms with Crippen molar-refractivity contribution in [1.82, 2.24) is 5.16 Å². The second kappa shape index (κ2) is 6.22. The first-order chi connectivity index (χ1) is 12.6. The maximum atomic E-state index is 12.7. The topological polar surface area (TPSA) is 84.6 Å². The molecule has 1 aliphatic carbocycles. The number of phenolic OH excluding ortho intramolecular Hbond substituents is 1. The number of nitrogens with zero attached hydrogens (tertiary/aromatic N) is 1. The highest BCUT2D eigenvalue weighted by Gasteiger charge is 2.28. The Kier molecular flexibility index (Phi) is 3.88. The standard InChI is InChI=1S/C20H18N2O4/c1-11-3-8-17(23)16(9-11)21-20(24)18-15-6-4-12-10-13(25-2)5-7-14(12)19(15)26-22-18/h3,5,7-10,23H,4,6H2,1-2H3,(H,21,24). The second-order valence-electron chi connectivity index (χ2n) is 6.34. The number of benzene rings is 2. The summed E-state index contributed by atoms with van der Waals surface area (Å²) >= 11 is 0. The van der Waals surface area contributed by atoms with E-state index in [1.165, 1.54) is 0 Å². The fourth-order valence-corrected chi connectivity index (χ4v) is 3.25. The van der Waals surface area contributed by atoms with Gasteiger partial charge in [-0.2, -0.15) is 0 Å². The Labute approximate surface area is 150 Å². The van der Waals surface area contributed by atoms with Crippen molar-refractivity contribution >= 4 is 11.6 Å². The van der Waals surface area contributed by atoms with E-state index in [4.69, 9.17) is 9.26 Å². The Morgan fingerprint density at radius 3 is 2.88 bits per heavy atom. The molecule has 1 aliphatic rings. The van der Waals surface area contributed by atoms with E-state index in [-0.39, 0.29) is 11.4 Å². The van der Waals surface area contributed by atoms with Crippen LogP contribution < -0.4 is 10.1 Å². The summed E-state index contributed by atoms with van der Waals surface area (Å²) in [5, 5.41) is 16.6. The third-order valence-corrected chi connectivity index (χ3v) is 4.60. The van der Waals surface area contributed by atoms with Gasteiger partial charge in [0.15, 0.2) is 11.5 Å². The van der Waals surface area contributed by atoms with Gasteiger partial charge in [-0.05, 0) is 61.2 Å². The highest BCUT2D eigenvalue weighted by atomic mass is 16.5. The van der Waals surface area contributed by atoms with E-state index in [1.807, 2.05) is 25.1 Å². The predicted octanol–water partition coefficient (Wildman–Crippen LogP) is 3.72. The van der Waals surface area contributed by atoms with E-state index in [9.17, 15) is 9.90 Å². The van der Waals surface area contributed by atoms with E-state index >= 15 is 0 Å². The number of fused-ring (bicyclic) bond motifs is 3. The number of hydrogen-bond acceptors (Lipinski definition) is 5. The molecule has 2 N–H and O–H groups in total. The number of aryl methyl sites for hydroxylation is 2. The largest absolute Gasteiger partial charge is 0.506 e. The summed E-state index contributed by atoms with van der Waals surface area (Å²) in [6.45, 7) is 1.89. The summed E-state index contributed by atoms with van der Waals surface area (Å²) in [6.07, 6.45) is 1.43. The minimum atomic E-state index is -0.395. The van der Waals surface area contributed by atoms with Crippen molar-refractivity contribution in [3.63, 3.8) is 0 Å². The fourth-order valence-electron chi connectivity index (χ4n) is 3.25. The molecule has 132 valence electrons.